The standard InChI is InChI=1S/C24H25F2N5O/c1-23-9-19-16(8-20(23)24(23,25)26)21(30-29-19)18-6-12-2-3-13(7-17(12)28-18)22(32)31-10-14-4-5-15(11-31)27-14/h2-3,6-7,14-15,20,27-28H,4-5,8-11H2,1H3,(H,29,30). The lowest BCUT2D eigenvalue weighted by Gasteiger charge is -2.33. The summed E-state index contributed by atoms with van der Waals surface area (Å²) in [5.74, 6) is -3.15. The van der Waals surface area contributed by atoms with Gasteiger partial charge in [0.05, 0.1) is 5.69 Å². The second-order valence-electron chi connectivity index (χ2n) is 10.3. The second kappa shape index (κ2) is 5.98. The number of halogens is 2. The highest BCUT2D eigenvalue weighted by molar-refractivity contribution is 5.99. The van der Waals surface area contributed by atoms with Crippen LogP contribution in [0.5, 0.6) is 0 Å². The van der Waals surface area contributed by atoms with E-state index in [1.54, 1.807) is 6.92 Å². The molecule has 166 valence electrons. The average Bonchev–Trinajstić information content (AvgIpc) is 3.29. The molecule has 7 rings (SSSR count). The van der Waals surface area contributed by atoms with Crippen LogP contribution in [0.4, 0.5) is 8.78 Å². The first-order valence-electron chi connectivity index (χ1n) is 11.5. The van der Waals surface area contributed by atoms with Crippen LogP contribution in [0.3, 0.4) is 0 Å². The first-order valence-corrected chi connectivity index (χ1v) is 11.5. The van der Waals surface area contributed by atoms with E-state index in [1.165, 1.54) is 0 Å². The maximum atomic E-state index is 14.3. The van der Waals surface area contributed by atoms with Gasteiger partial charge in [-0.25, -0.2) is 8.78 Å². The predicted octanol–water partition coefficient (Wildman–Crippen LogP) is 3.50. The van der Waals surface area contributed by atoms with Gasteiger partial charge in [0.15, 0.2) is 0 Å². The van der Waals surface area contributed by atoms with Gasteiger partial charge in [-0.15, -0.1) is 0 Å². The number of amides is 1. The number of nitrogens with zero attached hydrogens (tertiary/aromatic N) is 2. The van der Waals surface area contributed by atoms with Crippen molar-refractivity contribution < 1.29 is 13.6 Å². The Morgan fingerprint density at radius 3 is 2.75 bits per heavy atom. The molecule has 3 fully saturated rings. The van der Waals surface area contributed by atoms with E-state index in [0.717, 1.165) is 53.8 Å². The van der Waals surface area contributed by atoms with Gasteiger partial charge in [0.2, 0.25) is 0 Å². The Morgan fingerprint density at radius 1 is 1.19 bits per heavy atom. The molecular weight excluding hydrogens is 412 g/mol. The first-order chi connectivity index (χ1) is 15.3. The molecule has 4 heterocycles. The fourth-order valence-electron chi connectivity index (χ4n) is 6.36. The number of aromatic nitrogens is 3. The molecule has 4 aliphatic rings. The van der Waals surface area contributed by atoms with Crippen molar-refractivity contribution in [3.05, 3.63) is 41.1 Å². The maximum Gasteiger partial charge on any atom is 0.258 e. The van der Waals surface area contributed by atoms with Crippen molar-refractivity contribution in [3.63, 3.8) is 0 Å². The van der Waals surface area contributed by atoms with Gasteiger partial charge in [0, 0.05) is 70.7 Å². The summed E-state index contributed by atoms with van der Waals surface area (Å²) >= 11 is 0. The average molecular weight is 437 g/mol. The normalized spacial score (nSPS) is 32.1. The van der Waals surface area contributed by atoms with Gasteiger partial charge in [0.25, 0.3) is 11.8 Å². The fraction of sp³-hybridized carbons (Fsp3) is 0.500. The minimum atomic E-state index is -2.61. The van der Waals surface area contributed by atoms with Gasteiger partial charge in [-0.2, -0.15) is 5.10 Å². The zero-order valence-electron chi connectivity index (χ0n) is 17.8. The number of alkyl halides is 2. The topological polar surface area (TPSA) is 76.8 Å². The minimum absolute atomic E-state index is 0.0637. The van der Waals surface area contributed by atoms with Crippen molar-refractivity contribution in [1.82, 2.24) is 25.4 Å². The number of aromatic amines is 2. The van der Waals surface area contributed by atoms with Gasteiger partial charge in [-0.05, 0) is 37.5 Å². The first kappa shape index (κ1) is 18.8. The third kappa shape index (κ3) is 2.41. The van der Waals surface area contributed by atoms with Crippen LogP contribution in [-0.4, -0.2) is 57.1 Å². The summed E-state index contributed by atoms with van der Waals surface area (Å²) in [4.78, 5) is 18.5. The molecule has 1 aromatic carbocycles. The van der Waals surface area contributed by atoms with Gasteiger partial charge in [-0.1, -0.05) is 13.0 Å². The number of hydrogen-bond acceptors (Lipinski definition) is 3. The summed E-state index contributed by atoms with van der Waals surface area (Å²) in [6, 6.07) is 8.53. The van der Waals surface area contributed by atoms with E-state index in [4.69, 9.17) is 0 Å². The molecule has 32 heavy (non-hydrogen) atoms. The van der Waals surface area contributed by atoms with Crippen LogP contribution in [0, 0.1) is 11.3 Å². The van der Waals surface area contributed by atoms with Crippen LogP contribution in [0.15, 0.2) is 24.3 Å². The Labute approximate surface area is 183 Å². The highest BCUT2D eigenvalue weighted by atomic mass is 19.3. The van der Waals surface area contributed by atoms with Crippen LogP contribution in [0.1, 0.15) is 41.4 Å². The Kier molecular flexibility index (Phi) is 3.51. The van der Waals surface area contributed by atoms with Crippen LogP contribution >= 0.6 is 0 Å². The third-order valence-electron chi connectivity index (χ3n) is 8.42. The molecule has 4 atom stereocenters. The van der Waals surface area contributed by atoms with Crippen LogP contribution in [0.25, 0.3) is 22.3 Å². The second-order valence-corrected chi connectivity index (χ2v) is 10.3. The highest BCUT2D eigenvalue weighted by Crippen LogP contribution is 2.70. The number of benzene rings is 1. The zero-order valence-corrected chi connectivity index (χ0v) is 17.8. The molecule has 6 nitrogen and oxygen atoms in total. The number of likely N-dealkylation sites (tertiary alicyclic amines) is 1. The lowest BCUT2D eigenvalue weighted by Crippen LogP contribution is -2.53. The number of nitrogens with one attached hydrogen (secondary N) is 3. The lowest BCUT2D eigenvalue weighted by atomic mass is 9.87. The van der Waals surface area contributed by atoms with Gasteiger partial charge in [0.1, 0.15) is 5.69 Å². The smallest absolute Gasteiger partial charge is 0.258 e. The third-order valence-corrected chi connectivity index (χ3v) is 8.42. The van der Waals surface area contributed by atoms with Crippen molar-refractivity contribution in [2.75, 3.05) is 13.1 Å². The summed E-state index contributed by atoms with van der Waals surface area (Å²) in [6.07, 6.45) is 2.94. The molecule has 0 radical (unpaired) electrons. The molecule has 2 aliphatic carbocycles. The molecule has 1 saturated carbocycles. The maximum absolute atomic E-state index is 14.3. The molecule has 2 aliphatic heterocycles. The molecule has 8 heteroatoms. The van der Waals surface area contributed by atoms with Crippen LogP contribution in [-0.2, 0) is 12.8 Å². The van der Waals surface area contributed by atoms with E-state index >= 15 is 0 Å². The van der Waals surface area contributed by atoms with Gasteiger partial charge < -0.3 is 15.2 Å². The van der Waals surface area contributed by atoms with Crippen molar-refractivity contribution in [3.8, 4) is 11.4 Å². The Bertz CT molecular complexity index is 1270. The van der Waals surface area contributed by atoms with Crippen molar-refractivity contribution in [2.45, 2.75) is 50.6 Å². The molecule has 3 aromatic rings. The Hall–Kier alpha value is -2.74. The van der Waals surface area contributed by atoms with Crippen LogP contribution < -0.4 is 5.32 Å². The van der Waals surface area contributed by atoms with E-state index < -0.39 is 17.3 Å². The summed E-state index contributed by atoms with van der Waals surface area (Å²) in [5, 5.41) is 12.0. The Balaban J connectivity index is 1.19. The summed E-state index contributed by atoms with van der Waals surface area (Å²) in [5.41, 5.74) is 3.82. The summed E-state index contributed by atoms with van der Waals surface area (Å²) < 4.78 is 28.5. The minimum Gasteiger partial charge on any atom is -0.353 e. The quantitative estimate of drug-likeness (QED) is 0.574. The molecule has 0 spiro atoms. The van der Waals surface area contributed by atoms with Crippen molar-refractivity contribution in [2.24, 2.45) is 11.3 Å². The van der Waals surface area contributed by atoms with E-state index in [-0.39, 0.29) is 5.91 Å². The van der Waals surface area contributed by atoms with Crippen molar-refractivity contribution >= 4 is 16.8 Å². The number of piperazine rings is 1. The molecule has 2 aromatic heterocycles. The van der Waals surface area contributed by atoms with Gasteiger partial charge in [-0.3, -0.25) is 9.89 Å². The molecule has 1 amide bonds. The molecule has 2 bridgehead atoms. The fourth-order valence-corrected chi connectivity index (χ4v) is 6.36. The highest BCUT2D eigenvalue weighted by Gasteiger charge is 2.78. The predicted molar refractivity (Wildman–Crippen MR) is 116 cm³/mol. The number of hydrogen-bond donors (Lipinski definition) is 3. The molecule has 4 unspecified atom stereocenters. The Morgan fingerprint density at radius 2 is 1.97 bits per heavy atom. The number of H-pyrrole nitrogens is 2. The van der Waals surface area contributed by atoms with Crippen molar-refractivity contribution in [1.29, 1.82) is 0 Å². The van der Waals surface area contributed by atoms with Gasteiger partial charge >= 0.3 is 0 Å². The summed E-state index contributed by atoms with van der Waals surface area (Å²) in [6.45, 7) is 3.19. The van der Waals surface area contributed by atoms with E-state index in [2.05, 4.69) is 20.5 Å². The zero-order chi connectivity index (χ0) is 21.8. The number of rotatable bonds is 2. The molecular formula is C24H25F2N5O. The monoisotopic (exact) mass is 437 g/mol. The summed E-state index contributed by atoms with van der Waals surface area (Å²) in [7, 11) is 0. The number of carbonyl (C=O) groups excluding carboxylic acids is 1. The SMILES string of the molecule is CC12Cc3[nH]nc(-c4cc5ccc(C(=O)N6CC7CCC(C6)N7)cc5[nH]4)c3CC1C2(F)F. The number of carbonyl (C=O) groups is 1. The molecule has 2 saturated heterocycles. The van der Waals surface area contributed by atoms with E-state index in [9.17, 15) is 13.6 Å². The lowest BCUT2D eigenvalue weighted by molar-refractivity contribution is 0.0631. The van der Waals surface area contributed by atoms with E-state index in [0.29, 0.717) is 36.2 Å². The number of fused-ring (bicyclic) bond motifs is 5. The van der Waals surface area contributed by atoms with E-state index in [1.807, 2.05) is 29.2 Å². The van der Waals surface area contributed by atoms with Crippen LogP contribution in [0.2, 0.25) is 0 Å². The largest absolute Gasteiger partial charge is 0.353 e. The molecule has 3 N–H and O–H groups in total.